The molecule has 15 heavy (non-hydrogen) atoms. The Morgan fingerprint density at radius 1 is 0.867 bits per heavy atom. The molecule has 0 aromatic heterocycles. The Hall–Kier alpha value is -1.76. The minimum Gasteiger partial charge on any atom is -0.508 e. The molecule has 0 bridgehead atoms. The first kappa shape index (κ1) is 9.78. The lowest BCUT2D eigenvalue weighted by molar-refractivity contribution is 0.471. The van der Waals surface area contributed by atoms with Crippen LogP contribution in [-0.2, 0) is 0 Å². The summed E-state index contributed by atoms with van der Waals surface area (Å²) >= 11 is 0. The molecule has 2 aromatic rings. The molecule has 2 rings (SSSR count). The van der Waals surface area contributed by atoms with E-state index in [1.54, 1.807) is 0 Å². The van der Waals surface area contributed by atoms with Gasteiger partial charge < -0.3 is 5.11 Å². The van der Waals surface area contributed by atoms with Crippen molar-refractivity contribution in [3.63, 3.8) is 0 Å². The van der Waals surface area contributed by atoms with Crippen molar-refractivity contribution in [2.24, 2.45) is 0 Å². The average Bonchev–Trinajstić information content (AvgIpc) is 2.25. The number of benzene rings is 2. The Bertz CT molecular complexity index is 472. The number of phenols is 1. The predicted molar refractivity (Wildman–Crippen MR) is 63.0 cm³/mol. The molecule has 0 saturated carbocycles. The van der Waals surface area contributed by atoms with Crippen LogP contribution in [0.4, 0.5) is 0 Å². The molecule has 0 radical (unpaired) electrons. The SMILES string of the molecule is Cc1cc(C)c(-c2ccccc2)cc1O. The number of hydrogen-bond donors (Lipinski definition) is 1. The van der Waals surface area contributed by atoms with Crippen molar-refractivity contribution < 1.29 is 5.11 Å². The highest BCUT2D eigenvalue weighted by molar-refractivity contribution is 5.69. The highest BCUT2D eigenvalue weighted by Gasteiger charge is 2.04. The fourth-order valence-electron chi connectivity index (χ4n) is 1.77. The molecule has 0 amide bonds. The average molecular weight is 198 g/mol. The smallest absolute Gasteiger partial charge is 0.119 e. The summed E-state index contributed by atoms with van der Waals surface area (Å²) < 4.78 is 0. The van der Waals surface area contributed by atoms with Gasteiger partial charge in [0.2, 0.25) is 0 Å². The first-order valence-electron chi connectivity index (χ1n) is 5.04. The van der Waals surface area contributed by atoms with Crippen molar-refractivity contribution in [3.8, 4) is 16.9 Å². The molecule has 0 saturated heterocycles. The second kappa shape index (κ2) is 3.77. The molecule has 76 valence electrons. The highest BCUT2D eigenvalue weighted by atomic mass is 16.3. The molecular weight excluding hydrogens is 184 g/mol. The van der Waals surface area contributed by atoms with Crippen molar-refractivity contribution in [3.05, 3.63) is 53.6 Å². The van der Waals surface area contributed by atoms with Crippen LogP contribution in [0.1, 0.15) is 11.1 Å². The second-order valence-corrected chi connectivity index (χ2v) is 3.82. The van der Waals surface area contributed by atoms with E-state index < -0.39 is 0 Å². The van der Waals surface area contributed by atoms with Crippen molar-refractivity contribution in [2.75, 3.05) is 0 Å². The van der Waals surface area contributed by atoms with Gasteiger partial charge in [0, 0.05) is 0 Å². The molecule has 0 heterocycles. The lowest BCUT2D eigenvalue weighted by Crippen LogP contribution is -1.85. The molecule has 1 N–H and O–H groups in total. The van der Waals surface area contributed by atoms with E-state index in [2.05, 4.69) is 19.1 Å². The zero-order valence-electron chi connectivity index (χ0n) is 8.99. The summed E-state index contributed by atoms with van der Waals surface area (Å²) in [6.07, 6.45) is 0. The van der Waals surface area contributed by atoms with E-state index in [9.17, 15) is 5.11 Å². The topological polar surface area (TPSA) is 20.2 Å². The predicted octanol–water partition coefficient (Wildman–Crippen LogP) is 3.68. The molecule has 0 fully saturated rings. The molecule has 2 aromatic carbocycles. The van der Waals surface area contributed by atoms with Gasteiger partial charge in [0.05, 0.1) is 0 Å². The fraction of sp³-hybridized carbons (Fsp3) is 0.143. The molecule has 0 atom stereocenters. The van der Waals surface area contributed by atoms with Crippen LogP contribution < -0.4 is 0 Å². The van der Waals surface area contributed by atoms with Crippen LogP contribution in [0.3, 0.4) is 0 Å². The molecule has 0 aliphatic carbocycles. The van der Waals surface area contributed by atoms with Gasteiger partial charge in [0.15, 0.2) is 0 Å². The summed E-state index contributed by atoms with van der Waals surface area (Å²) in [6.45, 7) is 3.98. The summed E-state index contributed by atoms with van der Waals surface area (Å²) in [6, 6.07) is 14.0. The normalized spacial score (nSPS) is 10.3. The van der Waals surface area contributed by atoms with Crippen molar-refractivity contribution in [1.82, 2.24) is 0 Å². The Balaban J connectivity index is 2.59. The van der Waals surface area contributed by atoms with Crippen LogP contribution >= 0.6 is 0 Å². The minimum absolute atomic E-state index is 0.361. The first-order chi connectivity index (χ1) is 7.18. The molecule has 0 unspecified atom stereocenters. The van der Waals surface area contributed by atoms with Gasteiger partial charge in [0.1, 0.15) is 5.75 Å². The van der Waals surface area contributed by atoms with Gasteiger partial charge in [-0.3, -0.25) is 0 Å². The summed E-state index contributed by atoms with van der Waals surface area (Å²) in [5, 5.41) is 9.69. The molecule has 0 spiro atoms. The van der Waals surface area contributed by atoms with E-state index >= 15 is 0 Å². The highest BCUT2D eigenvalue weighted by Crippen LogP contribution is 2.29. The van der Waals surface area contributed by atoms with E-state index in [0.717, 1.165) is 16.7 Å². The third-order valence-electron chi connectivity index (χ3n) is 2.63. The van der Waals surface area contributed by atoms with E-state index in [4.69, 9.17) is 0 Å². The van der Waals surface area contributed by atoms with Gasteiger partial charge >= 0.3 is 0 Å². The van der Waals surface area contributed by atoms with Gasteiger partial charge in [-0.05, 0) is 42.2 Å². The Morgan fingerprint density at radius 2 is 1.53 bits per heavy atom. The minimum atomic E-state index is 0.361. The monoisotopic (exact) mass is 198 g/mol. The number of phenolic OH excluding ortho intramolecular Hbond substituents is 1. The van der Waals surface area contributed by atoms with E-state index in [-0.39, 0.29) is 0 Å². The largest absolute Gasteiger partial charge is 0.508 e. The van der Waals surface area contributed by atoms with Gasteiger partial charge in [-0.2, -0.15) is 0 Å². The number of aryl methyl sites for hydroxylation is 2. The maximum Gasteiger partial charge on any atom is 0.119 e. The third-order valence-corrected chi connectivity index (χ3v) is 2.63. The third kappa shape index (κ3) is 1.86. The van der Waals surface area contributed by atoms with Gasteiger partial charge in [-0.15, -0.1) is 0 Å². The number of rotatable bonds is 1. The molecule has 1 heteroatoms. The molecule has 0 aliphatic heterocycles. The second-order valence-electron chi connectivity index (χ2n) is 3.82. The first-order valence-corrected chi connectivity index (χ1v) is 5.04. The lowest BCUT2D eigenvalue weighted by Gasteiger charge is -2.08. The summed E-state index contributed by atoms with van der Waals surface area (Å²) in [5.74, 6) is 0.361. The van der Waals surface area contributed by atoms with Gasteiger partial charge in [-0.1, -0.05) is 36.4 Å². The van der Waals surface area contributed by atoms with Crippen LogP contribution in [0.2, 0.25) is 0 Å². The van der Waals surface area contributed by atoms with Gasteiger partial charge in [0.25, 0.3) is 0 Å². The van der Waals surface area contributed by atoms with E-state index in [1.165, 1.54) is 5.56 Å². The fourth-order valence-corrected chi connectivity index (χ4v) is 1.77. The van der Waals surface area contributed by atoms with Crippen LogP contribution in [0, 0.1) is 13.8 Å². The molecular formula is C14H14O. The van der Waals surface area contributed by atoms with Crippen LogP contribution in [0.15, 0.2) is 42.5 Å². The lowest BCUT2D eigenvalue weighted by atomic mass is 9.98. The standard InChI is InChI=1S/C14H14O/c1-10-8-11(2)14(15)9-13(10)12-6-4-3-5-7-12/h3-9,15H,1-2H3. The Kier molecular flexibility index (Phi) is 2.46. The maximum atomic E-state index is 9.69. The van der Waals surface area contributed by atoms with Crippen molar-refractivity contribution in [2.45, 2.75) is 13.8 Å². The molecule has 1 nitrogen and oxygen atoms in total. The quantitative estimate of drug-likeness (QED) is 0.741. The Labute approximate surface area is 90.0 Å². The Morgan fingerprint density at radius 3 is 2.20 bits per heavy atom. The number of hydrogen-bond acceptors (Lipinski definition) is 1. The zero-order chi connectivity index (χ0) is 10.8. The van der Waals surface area contributed by atoms with Crippen molar-refractivity contribution >= 4 is 0 Å². The van der Waals surface area contributed by atoms with E-state index in [0.29, 0.717) is 5.75 Å². The zero-order valence-corrected chi connectivity index (χ0v) is 8.99. The summed E-state index contributed by atoms with van der Waals surface area (Å²) in [7, 11) is 0. The van der Waals surface area contributed by atoms with Crippen LogP contribution in [-0.4, -0.2) is 5.11 Å². The van der Waals surface area contributed by atoms with E-state index in [1.807, 2.05) is 37.3 Å². The van der Waals surface area contributed by atoms with Gasteiger partial charge in [-0.25, -0.2) is 0 Å². The van der Waals surface area contributed by atoms with Crippen LogP contribution in [0.25, 0.3) is 11.1 Å². The van der Waals surface area contributed by atoms with Crippen LogP contribution in [0.5, 0.6) is 5.75 Å². The maximum absolute atomic E-state index is 9.69. The summed E-state index contributed by atoms with van der Waals surface area (Å²) in [5.41, 5.74) is 4.35. The summed E-state index contributed by atoms with van der Waals surface area (Å²) in [4.78, 5) is 0. The number of aromatic hydroxyl groups is 1. The molecule has 0 aliphatic rings. The van der Waals surface area contributed by atoms with Crippen molar-refractivity contribution in [1.29, 1.82) is 0 Å².